The van der Waals surface area contributed by atoms with Gasteiger partial charge < -0.3 is 5.32 Å². The van der Waals surface area contributed by atoms with Crippen LogP contribution in [0.25, 0.3) is 0 Å². The summed E-state index contributed by atoms with van der Waals surface area (Å²) in [4.78, 5) is 2.64. The van der Waals surface area contributed by atoms with Crippen molar-refractivity contribution < 1.29 is 0 Å². The molecule has 16 heavy (non-hydrogen) atoms. The van der Waals surface area contributed by atoms with Crippen molar-refractivity contribution in [2.24, 2.45) is 5.92 Å². The molecule has 0 aromatic heterocycles. The summed E-state index contributed by atoms with van der Waals surface area (Å²) in [6, 6.07) is 12.2. The van der Waals surface area contributed by atoms with Gasteiger partial charge in [0.15, 0.2) is 0 Å². The number of hydrogen-bond acceptors (Lipinski definition) is 2. The minimum Gasteiger partial charge on any atom is -0.315 e. The molecule has 2 heterocycles. The fourth-order valence-corrected chi connectivity index (χ4v) is 3.13. The first-order chi connectivity index (χ1) is 7.86. The summed E-state index contributed by atoms with van der Waals surface area (Å²) in [6.07, 6.45) is 1.36. The van der Waals surface area contributed by atoms with Crippen LogP contribution in [0.15, 0.2) is 30.3 Å². The van der Waals surface area contributed by atoms with E-state index in [0.717, 1.165) is 12.0 Å². The third-order valence-electron chi connectivity index (χ3n) is 4.24. The second-order valence-corrected chi connectivity index (χ2v) is 5.10. The van der Waals surface area contributed by atoms with Crippen LogP contribution in [0.3, 0.4) is 0 Å². The highest BCUT2D eigenvalue weighted by Crippen LogP contribution is 2.36. The predicted octanol–water partition coefficient (Wildman–Crippen LogP) is 2.04. The quantitative estimate of drug-likeness (QED) is 0.814. The van der Waals surface area contributed by atoms with Crippen LogP contribution >= 0.6 is 0 Å². The molecular formula is C14H20N2. The van der Waals surface area contributed by atoms with E-state index in [1.165, 1.54) is 31.6 Å². The van der Waals surface area contributed by atoms with Gasteiger partial charge in [-0.25, -0.2) is 0 Å². The summed E-state index contributed by atoms with van der Waals surface area (Å²) >= 11 is 0. The van der Waals surface area contributed by atoms with Crippen LogP contribution in [-0.4, -0.2) is 30.6 Å². The third kappa shape index (κ3) is 1.66. The zero-order valence-electron chi connectivity index (χ0n) is 9.89. The number of hydrogen-bond donors (Lipinski definition) is 1. The Balaban J connectivity index is 1.70. The van der Waals surface area contributed by atoms with Crippen LogP contribution in [-0.2, 0) is 0 Å². The Morgan fingerprint density at radius 3 is 2.88 bits per heavy atom. The van der Waals surface area contributed by atoms with E-state index in [9.17, 15) is 0 Å². The highest BCUT2D eigenvalue weighted by molar-refractivity contribution is 5.19. The Morgan fingerprint density at radius 2 is 2.12 bits per heavy atom. The largest absolute Gasteiger partial charge is 0.315 e. The number of likely N-dealkylation sites (tertiary alicyclic amines) is 1. The van der Waals surface area contributed by atoms with Crippen molar-refractivity contribution in [3.63, 3.8) is 0 Å². The number of nitrogens with one attached hydrogen (secondary N) is 1. The lowest BCUT2D eigenvalue weighted by Gasteiger charge is -2.53. The number of benzene rings is 1. The number of nitrogens with zero attached hydrogens (tertiary/aromatic N) is 1. The molecule has 0 spiro atoms. The molecule has 2 nitrogen and oxygen atoms in total. The average molecular weight is 216 g/mol. The first-order valence-corrected chi connectivity index (χ1v) is 6.37. The molecule has 2 heteroatoms. The maximum absolute atomic E-state index is 3.51. The van der Waals surface area contributed by atoms with Crippen molar-refractivity contribution in [2.75, 3.05) is 19.6 Å². The highest BCUT2D eigenvalue weighted by atomic mass is 15.3. The molecule has 1 aromatic carbocycles. The van der Waals surface area contributed by atoms with Crippen LogP contribution in [0.5, 0.6) is 0 Å². The number of rotatable bonds is 2. The molecule has 0 bridgehead atoms. The predicted molar refractivity (Wildman–Crippen MR) is 66.3 cm³/mol. The first kappa shape index (κ1) is 10.3. The van der Waals surface area contributed by atoms with Gasteiger partial charge >= 0.3 is 0 Å². The summed E-state index contributed by atoms with van der Waals surface area (Å²) in [5.41, 5.74) is 1.45. The molecule has 2 fully saturated rings. The van der Waals surface area contributed by atoms with Crippen LogP contribution < -0.4 is 5.32 Å². The van der Waals surface area contributed by atoms with Gasteiger partial charge in [-0.05, 0) is 31.4 Å². The van der Waals surface area contributed by atoms with Crippen LogP contribution in [0.1, 0.15) is 24.9 Å². The number of piperidine rings is 1. The smallest absolute Gasteiger partial charge is 0.0323 e. The molecule has 1 N–H and O–H groups in total. The van der Waals surface area contributed by atoms with Crippen molar-refractivity contribution in [1.82, 2.24) is 10.2 Å². The van der Waals surface area contributed by atoms with Crippen molar-refractivity contribution in [3.05, 3.63) is 35.9 Å². The molecule has 86 valence electrons. The lowest BCUT2D eigenvalue weighted by Crippen LogP contribution is -2.63. The Bertz CT molecular complexity index is 349. The zero-order valence-corrected chi connectivity index (χ0v) is 9.89. The molecule has 3 rings (SSSR count). The molecule has 0 radical (unpaired) electrons. The van der Waals surface area contributed by atoms with E-state index in [2.05, 4.69) is 47.5 Å². The molecule has 0 aliphatic carbocycles. The van der Waals surface area contributed by atoms with Gasteiger partial charge in [0.1, 0.15) is 0 Å². The molecule has 2 saturated heterocycles. The van der Waals surface area contributed by atoms with Crippen molar-refractivity contribution >= 4 is 0 Å². The Labute approximate surface area is 97.6 Å². The van der Waals surface area contributed by atoms with Crippen LogP contribution in [0.2, 0.25) is 0 Å². The second-order valence-electron chi connectivity index (χ2n) is 5.10. The fraction of sp³-hybridized carbons (Fsp3) is 0.571. The van der Waals surface area contributed by atoms with Gasteiger partial charge in [0, 0.05) is 25.2 Å². The van der Waals surface area contributed by atoms with Gasteiger partial charge in [0.25, 0.3) is 0 Å². The average Bonchev–Trinajstić information content (AvgIpc) is 2.32. The van der Waals surface area contributed by atoms with E-state index in [1.807, 2.05) is 0 Å². The van der Waals surface area contributed by atoms with Crippen LogP contribution in [0.4, 0.5) is 0 Å². The summed E-state index contributed by atoms with van der Waals surface area (Å²) in [7, 11) is 0. The van der Waals surface area contributed by atoms with Gasteiger partial charge in [-0.3, -0.25) is 4.90 Å². The lowest BCUT2D eigenvalue weighted by molar-refractivity contribution is -0.0345. The lowest BCUT2D eigenvalue weighted by atomic mass is 9.81. The summed E-state index contributed by atoms with van der Waals surface area (Å²) in [6.45, 7) is 6.03. The molecule has 1 aromatic rings. The van der Waals surface area contributed by atoms with E-state index >= 15 is 0 Å². The van der Waals surface area contributed by atoms with Gasteiger partial charge in [0.05, 0.1) is 0 Å². The van der Waals surface area contributed by atoms with E-state index in [1.54, 1.807) is 0 Å². The maximum Gasteiger partial charge on any atom is 0.0323 e. The summed E-state index contributed by atoms with van der Waals surface area (Å²) in [5, 5.41) is 3.51. The maximum atomic E-state index is 3.51. The minimum atomic E-state index is 0.572. The standard InChI is InChI=1S/C14H20N2/c1-11(12-5-3-2-4-6-12)16-10-13-7-8-15-9-14(13)16/h2-6,11,13-15H,7-10H2,1H3/t11-,13+,14+/m1/s1. The van der Waals surface area contributed by atoms with Gasteiger partial charge in [-0.15, -0.1) is 0 Å². The first-order valence-electron chi connectivity index (χ1n) is 6.37. The molecule has 0 amide bonds. The minimum absolute atomic E-state index is 0.572. The van der Waals surface area contributed by atoms with E-state index in [4.69, 9.17) is 0 Å². The topological polar surface area (TPSA) is 15.3 Å². The van der Waals surface area contributed by atoms with Gasteiger partial charge in [0.2, 0.25) is 0 Å². The molecule has 3 atom stereocenters. The Morgan fingerprint density at radius 1 is 1.31 bits per heavy atom. The molecular weight excluding hydrogens is 196 g/mol. The van der Waals surface area contributed by atoms with E-state index < -0.39 is 0 Å². The normalized spacial score (nSPS) is 31.6. The second kappa shape index (κ2) is 4.19. The van der Waals surface area contributed by atoms with Gasteiger partial charge in [-0.2, -0.15) is 0 Å². The molecule has 2 aliphatic heterocycles. The van der Waals surface area contributed by atoms with Crippen molar-refractivity contribution in [3.8, 4) is 0 Å². The van der Waals surface area contributed by atoms with Crippen molar-refractivity contribution in [1.29, 1.82) is 0 Å². The SMILES string of the molecule is C[C@H](c1ccccc1)N1C[C@@H]2CCNC[C@@H]21. The Kier molecular flexibility index (Phi) is 2.70. The van der Waals surface area contributed by atoms with Gasteiger partial charge in [-0.1, -0.05) is 30.3 Å². The monoisotopic (exact) mass is 216 g/mol. The van der Waals surface area contributed by atoms with Crippen LogP contribution in [0, 0.1) is 5.92 Å². The third-order valence-corrected chi connectivity index (χ3v) is 4.24. The number of fused-ring (bicyclic) bond motifs is 1. The van der Waals surface area contributed by atoms with Crippen molar-refractivity contribution in [2.45, 2.75) is 25.4 Å². The summed E-state index contributed by atoms with van der Waals surface area (Å²) < 4.78 is 0. The molecule has 0 unspecified atom stereocenters. The highest BCUT2D eigenvalue weighted by Gasteiger charge is 2.42. The molecule has 2 aliphatic rings. The fourth-order valence-electron chi connectivity index (χ4n) is 3.13. The van der Waals surface area contributed by atoms with E-state index in [0.29, 0.717) is 6.04 Å². The Hall–Kier alpha value is -0.860. The molecule has 0 saturated carbocycles. The summed E-state index contributed by atoms with van der Waals surface area (Å²) in [5.74, 6) is 0.951. The zero-order chi connectivity index (χ0) is 11.0. The van der Waals surface area contributed by atoms with E-state index in [-0.39, 0.29) is 0 Å².